The molecule has 0 aliphatic carbocycles. The lowest BCUT2D eigenvalue weighted by molar-refractivity contribution is -0.119. The Morgan fingerprint density at radius 2 is 1.95 bits per heavy atom. The second-order valence-corrected chi connectivity index (χ2v) is 5.00. The fourth-order valence-corrected chi connectivity index (χ4v) is 1.90. The van der Waals surface area contributed by atoms with E-state index in [2.05, 4.69) is 11.9 Å². The SMILES string of the molecule is CCCCCC(=O)C[C@@H](CC/C=C/C(C)=O)N=C(N)N. The van der Waals surface area contributed by atoms with Crippen LogP contribution in [-0.4, -0.2) is 23.6 Å². The number of hydrogen-bond donors (Lipinski definition) is 2. The number of nitrogens with zero attached hydrogens (tertiary/aromatic N) is 1. The summed E-state index contributed by atoms with van der Waals surface area (Å²) in [6.07, 6.45) is 8.72. The minimum absolute atomic E-state index is 0.00639. The van der Waals surface area contributed by atoms with E-state index in [0.29, 0.717) is 25.7 Å². The summed E-state index contributed by atoms with van der Waals surface area (Å²) in [5.41, 5.74) is 10.8. The monoisotopic (exact) mass is 281 g/mol. The van der Waals surface area contributed by atoms with Crippen LogP contribution in [0.25, 0.3) is 0 Å². The Bertz CT molecular complexity index is 358. The van der Waals surface area contributed by atoms with Crippen molar-refractivity contribution in [2.45, 2.75) is 64.8 Å². The first kappa shape index (κ1) is 18.4. The summed E-state index contributed by atoms with van der Waals surface area (Å²) < 4.78 is 0. The Kier molecular flexibility index (Phi) is 10.3. The summed E-state index contributed by atoms with van der Waals surface area (Å²) in [5, 5.41) is 0. The maximum Gasteiger partial charge on any atom is 0.186 e. The fourth-order valence-electron chi connectivity index (χ4n) is 1.90. The van der Waals surface area contributed by atoms with Crippen molar-refractivity contribution in [3.05, 3.63) is 12.2 Å². The molecule has 0 bridgehead atoms. The van der Waals surface area contributed by atoms with E-state index in [9.17, 15) is 9.59 Å². The third kappa shape index (κ3) is 11.4. The van der Waals surface area contributed by atoms with Crippen molar-refractivity contribution in [2.75, 3.05) is 0 Å². The molecule has 0 aromatic heterocycles. The summed E-state index contributed by atoms with van der Waals surface area (Å²) in [7, 11) is 0. The van der Waals surface area contributed by atoms with E-state index < -0.39 is 0 Å². The molecule has 114 valence electrons. The first-order valence-electron chi connectivity index (χ1n) is 7.23. The Morgan fingerprint density at radius 1 is 1.25 bits per heavy atom. The number of Topliss-reactive ketones (excluding diaryl/α,β-unsaturated/α-hetero) is 1. The van der Waals surface area contributed by atoms with Crippen LogP contribution in [0.5, 0.6) is 0 Å². The lowest BCUT2D eigenvalue weighted by Crippen LogP contribution is -2.26. The molecule has 0 amide bonds. The summed E-state index contributed by atoms with van der Waals surface area (Å²) in [4.78, 5) is 26.7. The number of allylic oxidation sites excluding steroid dienone is 2. The predicted molar refractivity (Wildman–Crippen MR) is 82.4 cm³/mol. The standard InChI is InChI=1S/C15H27N3O2/c1-3-4-5-10-14(20)11-13(18-15(16)17)9-7-6-8-12(2)19/h6,8,13H,3-5,7,9-11H2,1-2H3,(H4,16,17,18)/b8-6+/t13-/m1/s1. The van der Waals surface area contributed by atoms with E-state index in [1.165, 1.54) is 13.0 Å². The molecule has 0 aromatic carbocycles. The van der Waals surface area contributed by atoms with Crippen LogP contribution in [0, 0.1) is 0 Å². The van der Waals surface area contributed by atoms with Gasteiger partial charge in [-0.2, -0.15) is 0 Å². The molecule has 0 aromatic rings. The minimum atomic E-state index is -0.189. The number of unbranched alkanes of at least 4 members (excludes halogenated alkanes) is 2. The molecule has 5 heteroatoms. The normalized spacial score (nSPS) is 12.3. The van der Waals surface area contributed by atoms with Gasteiger partial charge in [0.2, 0.25) is 0 Å². The predicted octanol–water partition coefficient (Wildman–Crippen LogP) is 2.09. The van der Waals surface area contributed by atoms with Crippen LogP contribution >= 0.6 is 0 Å². The van der Waals surface area contributed by atoms with Crippen molar-refractivity contribution in [2.24, 2.45) is 16.5 Å². The molecular formula is C15H27N3O2. The molecule has 0 radical (unpaired) electrons. The molecule has 1 atom stereocenters. The highest BCUT2D eigenvalue weighted by Crippen LogP contribution is 2.11. The molecule has 0 heterocycles. The van der Waals surface area contributed by atoms with Gasteiger partial charge >= 0.3 is 0 Å². The molecule has 0 saturated carbocycles. The van der Waals surface area contributed by atoms with E-state index in [0.717, 1.165) is 19.3 Å². The van der Waals surface area contributed by atoms with E-state index in [-0.39, 0.29) is 23.6 Å². The van der Waals surface area contributed by atoms with Crippen molar-refractivity contribution in [3.8, 4) is 0 Å². The quantitative estimate of drug-likeness (QED) is 0.262. The zero-order chi connectivity index (χ0) is 15.4. The highest BCUT2D eigenvalue weighted by molar-refractivity contribution is 5.87. The van der Waals surface area contributed by atoms with Crippen molar-refractivity contribution in [1.29, 1.82) is 0 Å². The number of nitrogens with two attached hydrogens (primary N) is 2. The Hall–Kier alpha value is -1.65. The third-order valence-electron chi connectivity index (χ3n) is 2.87. The summed E-state index contributed by atoms with van der Waals surface area (Å²) in [5.74, 6) is 0.218. The number of carbonyl (C=O) groups excluding carboxylic acids is 2. The van der Waals surface area contributed by atoms with Crippen molar-refractivity contribution >= 4 is 17.5 Å². The maximum atomic E-state index is 11.8. The number of rotatable bonds is 11. The molecule has 0 spiro atoms. The molecular weight excluding hydrogens is 254 g/mol. The Morgan fingerprint density at radius 3 is 2.50 bits per heavy atom. The van der Waals surface area contributed by atoms with E-state index in [4.69, 9.17) is 11.5 Å². The zero-order valence-electron chi connectivity index (χ0n) is 12.6. The van der Waals surface area contributed by atoms with Crippen molar-refractivity contribution in [1.82, 2.24) is 0 Å². The second-order valence-electron chi connectivity index (χ2n) is 5.00. The fraction of sp³-hybridized carbons (Fsp3) is 0.667. The average Bonchev–Trinajstić information content (AvgIpc) is 2.33. The lowest BCUT2D eigenvalue weighted by atomic mass is 10.0. The van der Waals surface area contributed by atoms with Gasteiger partial charge in [0, 0.05) is 12.8 Å². The molecule has 0 aliphatic rings. The molecule has 0 fully saturated rings. The number of carbonyl (C=O) groups is 2. The number of aliphatic imine (C=N–C) groups is 1. The molecule has 0 aliphatic heterocycles. The summed E-state index contributed by atoms with van der Waals surface area (Å²) >= 11 is 0. The van der Waals surface area contributed by atoms with E-state index in [1.807, 2.05) is 0 Å². The Balaban J connectivity index is 4.24. The van der Waals surface area contributed by atoms with Crippen LogP contribution in [0.2, 0.25) is 0 Å². The topological polar surface area (TPSA) is 98.5 Å². The van der Waals surface area contributed by atoms with Gasteiger partial charge in [-0.25, -0.2) is 4.99 Å². The molecule has 4 N–H and O–H groups in total. The first-order chi connectivity index (χ1) is 9.45. The first-order valence-corrected chi connectivity index (χ1v) is 7.23. The van der Waals surface area contributed by atoms with Gasteiger partial charge in [-0.05, 0) is 32.3 Å². The maximum absolute atomic E-state index is 11.8. The minimum Gasteiger partial charge on any atom is -0.370 e. The van der Waals surface area contributed by atoms with Gasteiger partial charge in [0.1, 0.15) is 5.78 Å². The highest BCUT2D eigenvalue weighted by atomic mass is 16.1. The van der Waals surface area contributed by atoms with Crippen LogP contribution in [0.1, 0.15) is 58.8 Å². The zero-order valence-corrected chi connectivity index (χ0v) is 12.6. The van der Waals surface area contributed by atoms with Crippen molar-refractivity contribution < 1.29 is 9.59 Å². The molecule has 0 rings (SSSR count). The average molecular weight is 281 g/mol. The van der Waals surface area contributed by atoms with Crippen LogP contribution < -0.4 is 11.5 Å². The number of guanidine groups is 1. The van der Waals surface area contributed by atoms with E-state index in [1.54, 1.807) is 6.08 Å². The smallest absolute Gasteiger partial charge is 0.186 e. The number of ketones is 2. The summed E-state index contributed by atoms with van der Waals surface area (Å²) in [6.45, 7) is 3.61. The molecule has 5 nitrogen and oxygen atoms in total. The lowest BCUT2D eigenvalue weighted by Gasteiger charge is -2.11. The van der Waals surface area contributed by atoms with Crippen LogP contribution in [0.3, 0.4) is 0 Å². The van der Waals surface area contributed by atoms with Gasteiger partial charge in [0.05, 0.1) is 6.04 Å². The molecule has 0 unspecified atom stereocenters. The molecule has 20 heavy (non-hydrogen) atoms. The van der Waals surface area contributed by atoms with Crippen LogP contribution in [0.4, 0.5) is 0 Å². The van der Waals surface area contributed by atoms with Gasteiger partial charge in [0.25, 0.3) is 0 Å². The van der Waals surface area contributed by atoms with Crippen LogP contribution in [-0.2, 0) is 9.59 Å². The number of hydrogen-bond acceptors (Lipinski definition) is 3. The second kappa shape index (κ2) is 11.2. The van der Waals surface area contributed by atoms with Crippen LogP contribution in [0.15, 0.2) is 17.1 Å². The van der Waals surface area contributed by atoms with Gasteiger partial charge in [-0.1, -0.05) is 25.8 Å². The third-order valence-corrected chi connectivity index (χ3v) is 2.87. The van der Waals surface area contributed by atoms with Crippen molar-refractivity contribution in [3.63, 3.8) is 0 Å². The van der Waals surface area contributed by atoms with Gasteiger partial charge in [-0.15, -0.1) is 0 Å². The van der Waals surface area contributed by atoms with Gasteiger partial charge in [-0.3, -0.25) is 9.59 Å². The van der Waals surface area contributed by atoms with Gasteiger partial charge in [0.15, 0.2) is 11.7 Å². The molecule has 0 saturated heterocycles. The summed E-state index contributed by atoms with van der Waals surface area (Å²) in [6, 6.07) is -0.189. The largest absolute Gasteiger partial charge is 0.370 e. The van der Waals surface area contributed by atoms with E-state index >= 15 is 0 Å². The van der Waals surface area contributed by atoms with Gasteiger partial charge < -0.3 is 11.5 Å². The Labute approximate surface area is 121 Å². The highest BCUT2D eigenvalue weighted by Gasteiger charge is 2.12.